The molecule has 4 aliphatic rings. The standard InChI is InChI=1S/C28H48O2/c1-7-25(3,29)14-12-19(2)22-10-11-23-21-9-8-20-18-26(4,30)16-17-27(20,5)24(21)13-15-28(22,23)6/h7,19-24,29-30H,1,8-18H2,2-6H3/t19-,20+,21+,22?,23+,24+,25+,26+,27+,28-/m1/s1. The number of rotatable bonds is 5. The fraction of sp³-hybridized carbons (Fsp3) is 0.929. The van der Waals surface area contributed by atoms with Crippen molar-refractivity contribution in [2.24, 2.45) is 46.3 Å². The highest BCUT2D eigenvalue weighted by atomic mass is 16.3. The van der Waals surface area contributed by atoms with E-state index in [-0.39, 0.29) is 0 Å². The zero-order valence-electron chi connectivity index (χ0n) is 20.4. The highest BCUT2D eigenvalue weighted by molar-refractivity contribution is 5.10. The molecule has 0 radical (unpaired) electrons. The lowest BCUT2D eigenvalue weighted by molar-refractivity contribution is -0.148. The van der Waals surface area contributed by atoms with Crippen molar-refractivity contribution >= 4 is 0 Å². The van der Waals surface area contributed by atoms with Crippen LogP contribution in [0.25, 0.3) is 0 Å². The Bertz CT molecular complexity index is 651. The molecule has 0 aliphatic heterocycles. The van der Waals surface area contributed by atoms with E-state index >= 15 is 0 Å². The van der Waals surface area contributed by atoms with Crippen LogP contribution in [-0.2, 0) is 0 Å². The van der Waals surface area contributed by atoms with E-state index in [0.29, 0.717) is 16.7 Å². The fourth-order valence-electron chi connectivity index (χ4n) is 9.23. The third-order valence-corrected chi connectivity index (χ3v) is 11.3. The topological polar surface area (TPSA) is 40.5 Å². The Balaban J connectivity index is 1.48. The summed E-state index contributed by atoms with van der Waals surface area (Å²) in [6.07, 6.45) is 15.2. The van der Waals surface area contributed by atoms with Gasteiger partial charge in [-0.3, -0.25) is 0 Å². The van der Waals surface area contributed by atoms with Crippen LogP contribution in [0, 0.1) is 46.3 Å². The van der Waals surface area contributed by atoms with E-state index in [2.05, 4.69) is 34.3 Å². The molecule has 30 heavy (non-hydrogen) atoms. The molecule has 4 rings (SSSR count). The van der Waals surface area contributed by atoms with E-state index in [4.69, 9.17) is 0 Å². The number of hydrogen-bond donors (Lipinski definition) is 2. The Labute approximate surface area is 185 Å². The first-order valence-electron chi connectivity index (χ1n) is 13.0. The van der Waals surface area contributed by atoms with Crippen LogP contribution in [0.5, 0.6) is 0 Å². The maximum Gasteiger partial charge on any atom is 0.0797 e. The molecule has 4 aliphatic carbocycles. The lowest BCUT2D eigenvalue weighted by Crippen LogP contribution is -2.55. The summed E-state index contributed by atoms with van der Waals surface area (Å²) < 4.78 is 0. The van der Waals surface area contributed by atoms with Crippen molar-refractivity contribution in [3.63, 3.8) is 0 Å². The van der Waals surface area contributed by atoms with Crippen LogP contribution >= 0.6 is 0 Å². The van der Waals surface area contributed by atoms with Gasteiger partial charge in [-0.1, -0.05) is 26.8 Å². The number of aliphatic hydroxyl groups is 2. The van der Waals surface area contributed by atoms with Crippen LogP contribution < -0.4 is 0 Å². The van der Waals surface area contributed by atoms with Gasteiger partial charge in [0.05, 0.1) is 11.2 Å². The van der Waals surface area contributed by atoms with E-state index in [1.165, 1.54) is 44.9 Å². The van der Waals surface area contributed by atoms with Gasteiger partial charge in [-0.2, -0.15) is 0 Å². The molecule has 1 unspecified atom stereocenters. The fourth-order valence-corrected chi connectivity index (χ4v) is 9.23. The van der Waals surface area contributed by atoms with Gasteiger partial charge in [0.15, 0.2) is 0 Å². The van der Waals surface area contributed by atoms with Crippen molar-refractivity contribution in [3.05, 3.63) is 12.7 Å². The van der Waals surface area contributed by atoms with Crippen LogP contribution in [-0.4, -0.2) is 21.4 Å². The second kappa shape index (κ2) is 7.62. The first-order valence-corrected chi connectivity index (χ1v) is 13.0. The van der Waals surface area contributed by atoms with E-state index < -0.39 is 11.2 Å². The minimum Gasteiger partial charge on any atom is -0.390 e. The summed E-state index contributed by atoms with van der Waals surface area (Å²) in [5.41, 5.74) is -0.205. The highest BCUT2D eigenvalue weighted by Gasteiger charge is 2.61. The van der Waals surface area contributed by atoms with Gasteiger partial charge in [0.1, 0.15) is 0 Å². The zero-order chi connectivity index (χ0) is 21.9. The van der Waals surface area contributed by atoms with Crippen molar-refractivity contribution in [2.45, 2.75) is 116 Å². The summed E-state index contributed by atoms with van der Waals surface area (Å²) in [6.45, 7) is 15.5. The van der Waals surface area contributed by atoms with Gasteiger partial charge in [0.25, 0.3) is 0 Å². The SMILES string of the molecule is C=C[C@](C)(O)CC[C@@H](C)C1CC[C@H]2[C@@H]3CC[C@H]4C[C@@](C)(O)CC[C@]4(C)[C@H]3CC[C@]12C. The molecule has 0 aromatic rings. The average Bonchev–Trinajstić information content (AvgIpc) is 3.04. The minimum absolute atomic E-state index is 0.430. The van der Waals surface area contributed by atoms with Gasteiger partial charge >= 0.3 is 0 Å². The second-order valence-electron chi connectivity index (χ2n) is 13.2. The molecule has 0 aromatic carbocycles. The molecule has 4 fully saturated rings. The third-order valence-electron chi connectivity index (χ3n) is 11.3. The summed E-state index contributed by atoms with van der Waals surface area (Å²) in [5.74, 6) is 4.89. The van der Waals surface area contributed by atoms with Crippen molar-refractivity contribution in [3.8, 4) is 0 Å². The van der Waals surface area contributed by atoms with Crippen molar-refractivity contribution in [1.82, 2.24) is 0 Å². The van der Waals surface area contributed by atoms with Gasteiger partial charge in [0.2, 0.25) is 0 Å². The predicted octanol–water partition coefficient (Wildman–Crippen LogP) is 6.75. The molecule has 0 spiro atoms. The maximum absolute atomic E-state index is 10.7. The Morgan fingerprint density at radius 1 is 1.00 bits per heavy atom. The molecule has 4 saturated carbocycles. The molecule has 0 amide bonds. The van der Waals surface area contributed by atoms with Gasteiger partial charge < -0.3 is 10.2 Å². The summed E-state index contributed by atoms with van der Waals surface area (Å²) in [6, 6.07) is 0. The number of fused-ring (bicyclic) bond motifs is 5. The molecular weight excluding hydrogens is 368 g/mol. The first-order chi connectivity index (χ1) is 13.9. The van der Waals surface area contributed by atoms with Gasteiger partial charge in [-0.25, -0.2) is 0 Å². The van der Waals surface area contributed by atoms with Crippen LogP contribution in [0.4, 0.5) is 0 Å². The Morgan fingerprint density at radius 2 is 1.70 bits per heavy atom. The van der Waals surface area contributed by atoms with Gasteiger partial charge in [-0.05, 0) is 131 Å². The van der Waals surface area contributed by atoms with Gasteiger partial charge in [-0.15, -0.1) is 6.58 Å². The molecule has 0 saturated heterocycles. The molecule has 2 N–H and O–H groups in total. The first kappa shape index (κ1) is 22.8. The molecule has 0 bridgehead atoms. The molecule has 0 heterocycles. The lowest BCUT2D eigenvalue weighted by atomic mass is 9.43. The quantitative estimate of drug-likeness (QED) is 0.487. The van der Waals surface area contributed by atoms with Crippen molar-refractivity contribution in [1.29, 1.82) is 0 Å². The minimum atomic E-state index is -0.722. The van der Waals surface area contributed by atoms with E-state index in [1.54, 1.807) is 6.08 Å². The Kier molecular flexibility index (Phi) is 5.80. The summed E-state index contributed by atoms with van der Waals surface area (Å²) in [7, 11) is 0. The van der Waals surface area contributed by atoms with Crippen LogP contribution in [0.1, 0.15) is 105 Å². The monoisotopic (exact) mass is 416 g/mol. The smallest absolute Gasteiger partial charge is 0.0797 e. The normalized spacial score (nSPS) is 51.2. The van der Waals surface area contributed by atoms with Crippen LogP contribution in [0.2, 0.25) is 0 Å². The van der Waals surface area contributed by atoms with E-state index in [1.807, 2.05) is 6.92 Å². The third kappa shape index (κ3) is 3.72. The molecule has 172 valence electrons. The molecule has 10 atom stereocenters. The molecule has 0 aromatic heterocycles. The zero-order valence-corrected chi connectivity index (χ0v) is 20.4. The van der Waals surface area contributed by atoms with Crippen LogP contribution in [0.15, 0.2) is 12.7 Å². The Hall–Kier alpha value is -0.340. The maximum atomic E-state index is 10.7. The summed E-state index contributed by atoms with van der Waals surface area (Å²) >= 11 is 0. The average molecular weight is 417 g/mol. The lowest BCUT2D eigenvalue weighted by Gasteiger charge is -2.62. The number of hydrogen-bond acceptors (Lipinski definition) is 2. The van der Waals surface area contributed by atoms with Crippen molar-refractivity contribution in [2.75, 3.05) is 0 Å². The largest absolute Gasteiger partial charge is 0.390 e. The van der Waals surface area contributed by atoms with E-state index in [0.717, 1.165) is 55.3 Å². The second-order valence-corrected chi connectivity index (χ2v) is 13.2. The predicted molar refractivity (Wildman–Crippen MR) is 125 cm³/mol. The molecule has 2 nitrogen and oxygen atoms in total. The molecular formula is C28H48O2. The summed E-state index contributed by atoms with van der Waals surface area (Å²) in [5, 5.41) is 21.1. The van der Waals surface area contributed by atoms with Crippen molar-refractivity contribution < 1.29 is 10.2 Å². The van der Waals surface area contributed by atoms with Gasteiger partial charge in [0, 0.05) is 0 Å². The highest BCUT2D eigenvalue weighted by Crippen LogP contribution is 2.68. The Morgan fingerprint density at radius 3 is 2.40 bits per heavy atom. The molecule has 2 heteroatoms. The summed E-state index contributed by atoms with van der Waals surface area (Å²) in [4.78, 5) is 0. The van der Waals surface area contributed by atoms with E-state index in [9.17, 15) is 10.2 Å². The van der Waals surface area contributed by atoms with Crippen LogP contribution in [0.3, 0.4) is 0 Å².